The third-order valence-corrected chi connectivity index (χ3v) is 12.4. The lowest BCUT2D eigenvalue weighted by Gasteiger charge is -2.53. The minimum atomic E-state index is -1.90. The van der Waals surface area contributed by atoms with E-state index in [1.54, 1.807) is 6.08 Å². The van der Waals surface area contributed by atoms with Crippen LogP contribution >= 0.6 is 0 Å². The van der Waals surface area contributed by atoms with Crippen LogP contribution in [-0.2, 0) is 80.4 Å². The van der Waals surface area contributed by atoms with Crippen molar-refractivity contribution in [3.63, 3.8) is 0 Å². The van der Waals surface area contributed by atoms with Crippen molar-refractivity contribution in [3.8, 4) is 0 Å². The fourth-order valence-corrected chi connectivity index (χ4v) is 8.99. The highest BCUT2D eigenvalue weighted by Crippen LogP contribution is 2.42. The van der Waals surface area contributed by atoms with E-state index in [2.05, 4.69) is 6.58 Å². The van der Waals surface area contributed by atoms with Crippen LogP contribution in [0.15, 0.2) is 195 Å². The highest BCUT2D eigenvalue weighted by Gasteiger charge is 2.59. The van der Waals surface area contributed by atoms with Crippen molar-refractivity contribution in [1.82, 2.24) is 0 Å². The molecule has 3 saturated heterocycles. The topological polar surface area (TPSA) is 113 Å². The van der Waals surface area contributed by atoms with Crippen LogP contribution in [0.4, 0.5) is 0 Å². The van der Waals surface area contributed by atoms with Crippen molar-refractivity contribution in [1.29, 1.82) is 0 Å². The van der Waals surface area contributed by atoms with Crippen LogP contribution in [0.25, 0.3) is 0 Å². The SMILES string of the molecule is C=CCC1(O)O[C@H](COCc2ccccc2)[C@@H](O[C@@H]2O[C@@H]3COC(c4ccccc4)O[C@@H]3[C@H](OCc3ccccc3)[C@H]2OCc2ccccc2)[C@H](OCc2ccccc2)[C@H]1OCc1ccccc1. The maximum absolute atomic E-state index is 12.7. The average Bonchev–Trinajstić information content (AvgIpc) is 3.39. The van der Waals surface area contributed by atoms with Crippen molar-refractivity contribution < 1.29 is 52.5 Å². The van der Waals surface area contributed by atoms with E-state index in [1.807, 2.05) is 182 Å². The Labute approximate surface area is 399 Å². The van der Waals surface area contributed by atoms with Crippen LogP contribution in [0.3, 0.4) is 0 Å². The molecule has 6 aromatic rings. The second kappa shape index (κ2) is 23.8. The molecule has 0 bridgehead atoms. The molecule has 0 saturated carbocycles. The van der Waals surface area contributed by atoms with Crippen molar-refractivity contribution in [2.24, 2.45) is 0 Å². The Kier molecular flexibility index (Phi) is 16.7. The molecule has 3 aliphatic heterocycles. The lowest BCUT2D eigenvalue weighted by molar-refractivity contribution is -0.409. The quantitative estimate of drug-likeness (QED) is 0.0698. The molecule has 3 aliphatic rings. The molecule has 0 aromatic heterocycles. The van der Waals surface area contributed by atoms with Crippen LogP contribution in [0.1, 0.15) is 46.1 Å². The first-order chi connectivity index (χ1) is 33.5. The lowest BCUT2D eigenvalue weighted by atomic mass is 9.89. The van der Waals surface area contributed by atoms with Gasteiger partial charge >= 0.3 is 0 Å². The minimum absolute atomic E-state index is 0.0167. The molecule has 0 aliphatic carbocycles. The fraction of sp³-hybridized carbons (Fsp3) is 0.333. The minimum Gasteiger partial charge on any atom is -0.374 e. The van der Waals surface area contributed by atoms with Gasteiger partial charge < -0.3 is 52.5 Å². The number of rotatable bonds is 21. The maximum atomic E-state index is 12.7. The highest BCUT2D eigenvalue weighted by atomic mass is 16.8. The van der Waals surface area contributed by atoms with Gasteiger partial charge in [0.2, 0.25) is 0 Å². The van der Waals surface area contributed by atoms with Gasteiger partial charge in [0.1, 0.15) is 48.8 Å². The molecule has 9 rings (SSSR count). The van der Waals surface area contributed by atoms with Gasteiger partial charge in [-0.15, -0.1) is 6.58 Å². The second-order valence-corrected chi connectivity index (χ2v) is 17.3. The summed E-state index contributed by atoms with van der Waals surface area (Å²) < 4.78 is 68.5. The summed E-state index contributed by atoms with van der Waals surface area (Å²) in [6, 6.07) is 59.3. The van der Waals surface area contributed by atoms with Gasteiger partial charge in [0.15, 0.2) is 18.4 Å². The van der Waals surface area contributed by atoms with Gasteiger partial charge in [-0.05, 0) is 27.8 Å². The number of fused-ring (bicyclic) bond motifs is 1. The summed E-state index contributed by atoms with van der Waals surface area (Å²) in [4.78, 5) is 0. The van der Waals surface area contributed by atoms with E-state index in [-0.39, 0.29) is 52.7 Å². The van der Waals surface area contributed by atoms with Crippen LogP contribution in [0, 0.1) is 0 Å². The smallest absolute Gasteiger partial charge is 0.198 e. The van der Waals surface area contributed by atoms with E-state index in [0.717, 1.165) is 33.4 Å². The van der Waals surface area contributed by atoms with Crippen molar-refractivity contribution in [2.75, 3.05) is 13.2 Å². The summed E-state index contributed by atoms with van der Waals surface area (Å²) >= 11 is 0. The largest absolute Gasteiger partial charge is 0.374 e. The molecule has 6 aromatic carbocycles. The van der Waals surface area contributed by atoms with Gasteiger partial charge in [0, 0.05) is 12.0 Å². The van der Waals surface area contributed by atoms with Gasteiger partial charge in [-0.1, -0.05) is 188 Å². The Hall–Kier alpha value is -5.38. The number of aliphatic hydroxyl groups is 1. The Morgan fingerprint density at radius 2 is 0.985 bits per heavy atom. The Bertz CT molecular complexity index is 2380. The molecule has 0 amide bonds. The van der Waals surface area contributed by atoms with Crippen LogP contribution in [-0.4, -0.2) is 79.2 Å². The molecule has 354 valence electrons. The van der Waals surface area contributed by atoms with Crippen molar-refractivity contribution >= 4 is 0 Å². The molecule has 0 spiro atoms. The zero-order valence-corrected chi connectivity index (χ0v) is 38.1. The first-order valence-corrected chi connectivity index (χ1v) is 23.4. The zero-order chi connectivity index (χ0) is 46.4. The third kappa shape index (κ3) is 12.3. The summed E-state index contributed by atoms with van der Waals surface area (Å²) in [5.74, 6) is -1.90. The van der Waals surface area contributed by atoms with Crippen LogP contribution in [0.5, 0.6) is 0 Å². The Morgan fingerprint density at radius 1 is 0.529 bits per heavy atom. The maximum Gasteiger partial charge on any atom is 0.198 e. The normalized spacial score (nSPS) is 28.1. The first kappa shape index (κ1) is 47.7. The monoisotopic (exact) mass is 920 g/mol. The molecule has 68 heavy (non-hydrogen) atoms. The number of hydrogen-bond acceptors (Lipinski definition) is 11. The molecule has 2 unspecified atom stereocenters. The lowest BCUT2D eigenvalue weighted by Crippen LogP contribution is -2.69. The summed E-state index contributed by atoms with van der Waals surface area (Å²) in [5.41, 5.74) is 5.60. The van der Waals surface area contributed by atoms with Gasteiger partial charge in [-0.2, -0.15) is 0 Å². The summed E-state index contributed by atoms with van der Waals surface area (Å²) in [6.45, 7) is 5.30. The zero-order valence-electron chi connectivity index (χ0n) is 38.1. The Balaban J connectivity index is 1.10. The molecular formula is C57H60O11. The van der Waals surface area contributed by atoms with E-state index >= 15 is 0 Å². The van der Waals surface area contributed by atoms with Crippen molar-refractivity contribution in [2.45, 2.75) is 107 Å². The molecule has 11 heteroatoms. The molecule has 11 nitrogen and oxygen atoms in total. The number of benzene rings is 6. The van der Waals surface area contributed by atoms with E-state index < -0.39 is 67.2 Å². The fourth-order valence-electron chi connectivity index (χ4n) is 8.99. The predicted molar refractivity (Wildman–Crippen MR) is 254 cm³/mol. The standard InChI is InChI=1S/C57H60O11/c1-2-33-57(58)54(63-38-45-29-17-7-18-30-45)52(61-36-43-25-13-5-14-26-43)50(48(68-57)39-59-34-41-21-9-3-10-22-41)67-56-53(62-37-44-27-15-6-16-28-44)51(60-35-42-23-11-4-12-24-42)49-47(65-56)40-64-55(66-49)46-31-19-8-20-32-46/h2-32,47-56,58H,1,33-40H2/t47-,48-,49+,50-,51+,52+,53-,54-,55?,56+,57?/m1/s1. The molecule has 3 heterocycles. The first-order valence-electron chi connectivity index (χ1n) is 23.4. The van der Waals surface area contributed by atoms with Gasteiger partial charge in [0.25, 0.3) is 0 Å². The van der Waals surface area contributed by atoms with Crippen molar-refractivity contribution in [3.05, 3.63) is 228 Å². The van der Waals surface area contributed by atoms with E-state index in [1.165, 1.54) is 0 Å². The average molecular weight is 921 g/mol. The Morgan fingerprint density at radius 3 is 1.50 bits per heavy atom. The van der Waals surface area contributed by atoms with Gasteiger partial charge in [-0.25, -0.2) is 0 Å². The summed E-state index contributed by atoms with van der Waals surface area (Å²) in [5, 5.41) is 12.7. The van der Waals surface area contributed by atoms with E-state index in [0.29, 0.717) is 0 Å². The summed E-state index contributed by atoms with van der Waals surface area (Å²) in [7, 11) is 0. The number of hydrogen-bond donors (Lipinski definition) is 1. The van der Waals surface area contributed by atoms with Gasteiger partial charge in [0.05, 0.1) is 46.2 Å². The molecule has 1 N–H and O–H groups in total. The molecule has 3 fully saturated rings. The molecule has 0 radical (unpaired) electrons. The van der Waals surface area contributed by atoms with Crippen LogP contribution < -0.4 is 0 Å². The van der Waals surface area contributed by atoms with E-state index in [9.17, 15) is 5.11 Å². The number of ether oxygens (including phenoxy) is 10. The van der Waals surface area contributed by atoms with Gasteiger partial charge in [-0.3, -0.25) is 0 Å². The van der Waals surface area contributed by atoms with E-state index in [4.69, 9.17) is 47.4 Å². The predicted octanol–water partition coefficient (Wildman–Crippen LogP) is 9.43. The highest BCUT2D eigenvalue weighted by molar-refractivity contribution is 5.19. The van der Waals surface area contributed by atoms with Crippen LogP contribution in [0.2, 0.25) is 0 Å². The molecular weight excluding hydrogens is 861 g/mol. The second-order valence-electron chi connectivity index (χ2n) is 17.3. The summed E-state index contributed by atoms with van der Waals surface area (Å²) in [6.07, 6.45) is -6.91. The third-order valence-electron chi connectivity index (χ3n) is 12.4. The molecule has 11 atom stereocenters.